The molecular weight excluding hydrogens is 579 g/mol. The van der Waals surface area contributed by atoms with E-state index >= 15 is 0 Å². The third-order valence-corrected chi connectivity index (χ3v) is 9.01. The summed E-state index contributed by atoms with van der Waals surface area (Å²) in [4.78, 5) is 0. The molecule has 0 saturated heterocycles. The van der Waals surface area contributed by atoms with E-state index in [2.05, 4.69) is 139 Å². The van der Waals surface area contributed by atoms with Crippen LogP contribution in [0.3, 0.4) is 0 Å². The molecule has 3 nitrogen and oxygen atoms in total. The quantitative estimate of drug-likeness (QED) is 0.173. The van der Waals surface area contributed by atoms with Gasteiger partial charge in [0.2, 0.25) is 0 Å². The Morgan fingerprint density at radius 1 is 0.474 bits per heavy atom. The number of fused-ring (bicyclic) bond motifs is 13. The number of hydrogen-bond acceptors (Lipinski definition) is 1. The lowest BCUT2D eigenvalue weighted by Gasteiger charge is -2.12. The number of benzene rings is 6. The van der Waals surface area contributed by atoms with Crippen molar-refractivity contribution in [1.29, 1.82) is 0 Å². The van der Waals surface area contributed by atoms with Gasteiger partial charge in [0, 0.05) is 43.1 Å². The van der Waals surface area contributed by atoms with E-state index in [0.717, 1.165) is 27.6 Å². The van der Waals surface area contributed by atoms with Crippen molar-refractivity contribution in [2.45, 2.75) is 0 Å². The van der Waals surface area contributed by atoms with E-state index in [4.69, 9.17) is 4.42 Å². The maximum Gasteiger partial charge on any atom is 0.159 e. The second kappa shape index (κ2) is 7.39. The molecule has 9 rings (SSSR count). The fraction of sp³-hybridized carbons (Fsp3) is 0. The fourth-order valence-corrected chi connectivity index (χ4v) is 7.42. The lowest BCUT2D eigenvalue weighted by molar-refractivity contribution is 0.666. The van der Waals surface area contributed by atoms with E-state index in [1.54, 1.807) is 0 Å². The second-order valence-corrected chi connectivity index (χ2v) is 10.9. The molecule has 0 atom stereocenters. The predicted molar refractivity (Wildman–Crippen MR) is 168 cm³/mol. The van der Waals surface area contributed by atoms with Gasteiger partial charge in [-0.3, -0.25) is 2.78 Å². The number of aromatic nitrogens is 2. The number of hydrogen-bond donors (Lipinski definition) is 0. The van der Waals surface area contributed by atoms with Gasteiger partial charge in [0.05, 0.1) is 50.6 Å². The summed E-state index contributed by atoms with van der Waals surface area (Å²) >= 11 is 2.47. The average Bonchev–Trinajstić information content (AvgIpc) is 3.62. The number of rotatable bonds is 1. The number of furan rings is 1. The summed E-state index contributed by atoms with van der Waals surface area (Å²) in [5, 5.41) is 9.88. The normalized spacial score (nSPS) is 12.3. The zero-order chi connectivity index (χ0) is 25.0. The molecule has 0 unspecified atom stereocenters. The first-order chi connectivity index (χ1) is 18.8. The topological polar surface area (TPSA) is 23.0 Å². The SMILES string of the molecule is In1c2ccccc2c2c3c4ccccc4n(-c4cccc5c4oc4ccccc45)c3c3ccccc3c21. The van der Waals surface area contributed by atoms with E-state index in [0.29, 0.717) is 0 Å². The van der Waals surface area contributed by atoms with Gasteiger partial charge in [-0.05, 0) is 24.3 Å². The maximum atomic E-state index is 6.55. The number of para-hydroxylation sites is 4. The molecule has 0 amide bonds. The van der Waals surface area contributed by atoms with Gasteiger partial charge in [-0.1, -0.05) is 91.0 Å². The van der Waals surface area contributed by atoms with Crippen LogP contribution in [0.2, 0.25) is 0 Å². The first kappa shape index (κ1) is 20.7. The molecule has 4 heteroatoms. The van der Waals surface area contributed by atoms with Crippen molar-refractivity contribution in [1.82, 2.24) is 7.35 Å². The minimum absolute atomic E-state index is 0.913. The molecule has 0 bridgehead atoms. The Morgan fingerprint density at radius 2 is 1.03 bits per heavy atom. The van der Waals surface area contributed by atoms with Crippen LogP contribution in [0.25, 0.3) is 82.0 Å². The predicted octanol–water partition coefficient (Wildman–Crippen LogP) is 10.1. The molecule has 0 fully saturated rings. The molecule has 178 valence electrons. The molecule has 6 aromatic carbocycles. The van der Waals surface area contributed by atoms with Crippen molar-refractivity contribution < 1.29 is 4.42 Å². The highest BCUT2D eigenvalue weighted by molar-refractivity contribution is 14.1. The van der Waals surface area contributed by atoms with Gasteiger partial charge in [0.1, 0.15) is 5.58 Å². The van der Waals surface area contributed by atoms with E-state index in [9.17, 15) is 0 Å². The van der Waals surface area contributed by atoms with Gasteiger partial charge < -0.3 is 8.98 Å². The van der Waals surface area contributed by atoms with Gasteiger partial charge in [0.25, 0.3) is 0 Å². The molecular formula is C34H19IN2O. The molecule has 38 heavy (non-hydrogen) atoms. The molecule has 0 spiro atoms. The second-order valence-electron chi connectivity index (χ2n) is 9.90. The first-order valence-corrected chi connectivity index (χ1v) is 13.7. The summed E-state index contributed by atoms with van der Waals surface area (Å²) in [6, 6.07) is 41.2. The van der Waals surface area contributed by atoms with Gasteiger partial charge in [-0.25, -0.2) is 0 Å². The Bertz CT molecular complexity index is 2420. The van der Waals surface area contributed by atoms with Gasteiger partial charge >= 0.3 is 0 Å². The maximum absolute atomic E-state index is 6.55. The van der Waals surface area contributed by atoms with E-state index in [1.807, 2.05) is 6.07 Å². The number of nitrogens with zero attached hydrogens (tertiary/aromatic N) is 2. The molecule has 0 aliphatic carbocycles. The summed E-state index contributed by atoms with van der Waals surface area (Å²) in [6.07, 6.45) is 0. The van der Waals surface area contributed by atoms with Crippen LogP contribution in [-0.2, 0) is 0 Å². The van der Waals surface area contributed by atoms with Crippen molar-refractivity contribution in [2.75, 3.05) is 0 Å². The minimum atomic E-state index is 0.913. The monoisotopic (exact) mass is 598 g/mol. The lowest BCUT2D eigenvalue weighted by atomic mass is 9.99. The van der Waals surface area contributed by atoms with Crippen LogP contribution in [0.5, 0.6) is 0 Å². The van der Waals surface area contributed by atoms with Crippen molar-refractivity contribution >= 4 is 99.2 Å². The Labute approximate surface area is 231 Å². The lowest BCUT2D eigenvalue weighted by Crippen LogP contribution is -1.95. The highest BCUT2D eigenvalue weighted by Gasteiger charge is 2.24. The van der Waals surface area contributed by atoms with Crippen molar-refractivity contribution in [2.24, 2.45) is 0 Å². The van der Waals surface area contributed by atoms with Crippen LogP contribution in [0.15, 0.2) is 120 Å². The Morgan fingerprint density at radius 3 is 1.82 bits per heavy atom. The third kappa shape index (κ3) is 2.48. The summed E-state index contributed by atoms with van der Waals surface area (Å²) in [6.45, 7) is 0. The van der Waals surface area contributed by atoms with Crippen LogP contribution in [-0.4, -0.2) is 7.35 Å². The highest BCUT2D eigenvalue weighted by atomic mass is 127. The first-order valence-electron chi connectivity index (χ1n) is 12.7. The van der Waals surface area contributed by atoms with Gasteiger partial charge in [-0.2, -0.15) is 0 Å². The van der Waals surface area contributed by atoms with Crippen LogP contribution in [0, 0.1) is 0 Å². The smallest absolute Gasteiger partial charge is 0.159 e. The zero-order valence-corrected chi connectivity index (χ0v) is 22.3. The molecule has 0 aliphatic heterocycles. The Kier molecular flexibility index (Phi) is 4.03. The molecule has 0 saturated carbocycles. The number of halogens is 1. The summed E-state index contributed by atoms with van der Waals surface area (Å²) < 4.78 is 11.3. The fourth-order valence-electron chi connectivity index (χ4n) is 6.50. The Hall–Kier alpha value is -4.29. The summed E-state index contributed by atoms with van der Waals surface area (Å²) in [5.74, 6) is 0. The van der Waals surface area contributed by atoms with Crippen LogP contribution in [0.1, 0.15) is 0 Å². The standard InChI is InChI=1S/C34H19IN2O/c35-37-27-17-7-4-14-25(27)31-30-24-13-3-6-16-26(24)36(32(30)21-11-1-2-12-22(21)33(31)37)28-18-9-15-23-20-10-5-8-19-29(20)38-34(23)28/h1-19H. The summed E-state index contributed by atoms with van der Waals surface area (Å²) in [5.41, 5.74) is 7.78. The van der Waals surface area contributed by atoms with Crippen LogP contribution >= 0.6 is 22.9 Å². The molecule has 9 aromatic rings. The van der Waals surface area contributed by atoms with Crippen LogP contribution < -0.4 is 0 Å². The van der Waals surface area contributed by atoms with Crippen molar-refractivity contribution in [3.05, 3.63) is 115 Å². The zero-order valence-electron chi connectivity index (χ0n) is 20.2. The van der Waals surface area contributed by atoms with Gasteiger partial charge in [0.15, 0.2) is 5.58 Å². The molecule has 0 aliphatic rings. The molecule has 0 radical (unpaired) electrons. The van der Waals surface area contributed by atoms with E-state index in [-0.39, 0.29) is 0 Å². The molecule has 3 heterocycles. The summed E-state index contributed by atoms with van der Waals surface area (Å²) in [7, 11) is 0. The van der Waals surface area contributed by atoms with Crippen molar-refractivity contribution in [3.8, 4) is 5.69 Å². The van der Waals surface area contributed by atoms with E-state index < -0.39 is 0 Å². The largest absolute Gasteiger partial charge is 0.454 e. The average molecular weight is 598 g/mol. The highest BCUT2D eigenvalue weighted by Crippen LogP contribution is 2.47. The van der Waals surface area contributed by atoms with E-state index in [1.165, 1.54) is 54.4 Å². The Balaban J connectivity index is 1.62. The molecule has 0 N–H and O–H groups in total. The molecule has 3 aromatic heterocycles. The van der Waals surface area contributed by atoms with Gasteiger partial charge in [-0.15, -0.1) is 0 Å². The van der Waals surface area contributed by atoms with Crippen molar-refractivity contribution in [3.63, 3.8) is 0 Å². The van der Waals surface area contributed by atoms with Crippen LogP contribution in [0.4, 0.5) is 0 Å². The minimum Gasteiger partial charge on any atom is -0.454 e. The third-order valence-electron chi connectivity index (χ3n) is 8.00.